The Balaban J connectivity index is 0.00000272. The summed E-state index contributed by atoms with van der Waals surface area (Å²) < 4.78 is 0. The van der Waals surface area contributed by atoms with Crippen LogP contribution in [0.4, 0.5) is 11.4 Å². The Bertz CT molecular complexity index is 894. The number of para-hydroxylation sites is 1. The van der Waals surface area contributed by atoms with E-state index in [0.717, 1.165) is 69.8 Å². The van der Waals surface area contributed by atoms with Gasteiger partial charge in [-0.25, -0.2) is 0 Å². The number of fused-ring (bicyclic) bond motifs is 1. The Morgan fingerprint density at radius 2 is 1.68 bits per heavy atom. The molecule has 2 aromatic carbocycles. The molecule has 1 saturated heterocycles. The Hall–Kier alpha value is -1.46. The second kappa shape index (κ2) is 10.4. The van der Waals surface area contributed by atoms with Crippen LogP contribution >= 0.6 is 35.6 Å². The molecular weight excluding hydrogens is 453 g/mol. The summed E-state index contributed by atoms with van der Waals surface area (Å²) in [6, 6.07) is 13.9. The third kappa shape index (κ3) is 5.14. The van der Waals surface area contributed by atoms with E-state index in [-0.39, 0.29) is 23.7 Å². The second-order valence-electron chi connectivity index (χ2n) is 8.35. The predicted molar refractivity (Wildman–Crippen MR) is 133 cm³/mol. The molecule has 7 heteroatoms. The summed E-state index contributed by atoms with van der Waals surface area (Å²) >= 11 is 12.3. The maximum Gasteiger partial charge on any atom is 0.235 e. The Morgan fingerprint density at radius 1 is 1.00 bits per heavy atom. The molecule has 2 aliphatic heterocycles. The maximum atomic E-state index is 12.8. The lowest BCUT2D eigenvalue weighted by Crippen LogP contribution is -2.46. The molecule has 0 radical (unpaired) electrons. The lowest BCUT2D eigenvalue weighted by atomic mass is 9.75. The monoisotopic (exact) mass is 481 g/mol. The van der Waals surface area contributed by atoms with Crippen molar-refractivity contribution in [3.05, 3.63) is 58.1 Å². The van der Waals surface area contributed by atoms with Gasteiger partial charge < -0.3 is 10.2 Å². The van der Waals surface area contributed by atoms with E-state index in [4.69, 9.17) is 23.2 Å². The number of anilines is 2. The molecule has 0 saturated carbocycles. The summed E-state index contributed by atoms with van der Waals surface area (Å²) in [7, 11) is 0. The van der Waals surface area contributed by atoms with Crippen molar-refractivity contribution in [2.75, 3.05) is 42.9 Å². The standard InChI is InChI=1S/C24H29Cl2N3O.ClH/c1-2-24(21-7-3-4-8-22(21)27-23(24)30)9-5-6-10-28-11-13-29(14-12-28)20-16-18(25)15-19(26)17-20;/h3-4,7-8,15-17H,2,5-6,9-14H2,1H3,(H,27,30);1H. The summed E-state index contributed by atoms with van der Waals surface area (Å²) in [6.07, 6.45) is 3.92. The highest BCUT2D eigenvalue weighted by Gasteiger charge is 2.44. The summed E-state index contributed by atoms with van der Waals surface area (Å²) in [5.74, 6) is 0.167. The van der Waals surface area contributed by atoms with E-state index in [2.05, 4.69) is 28.1 Å². The van der Waals surface area contributed by atoms with Crippen molar-refractivity contribution in [1.82, 2.24) is 4.90 Å². The number of carbonyl (C=O) groups excluding carboxylic acids is 1. The predicted octanol–water partition coefficient (Wildman–Crippen LogP) is 6.01. The fraction of sp³-hybridized carbons (Fsp3) is 0.458. The summed E-state index contributed by atoms with van der Waals surface area (Å²) in [4.78, 5) is 17.6. The molecule has 2 aliphatic rings. The molecule has 0 aliphatic carbocycles. The van der Waals surface area contributed by atoms with Crippen molar-refractivity contribution in [3.8, 4) is 0 Å². The van der Waals surface area contributed by atoms with Crippen LogP contribution in [-0.2, 0) is 10.2 Å². The zero-order valence-corrected chi connectivity index (χ0v) is 20.2. The van der Waals surface area contributed by atoms with E-state index in [1.54, 1.807) is 6.07 Å². The van der Waals surface area contributed by atoms with Gasteiger partial charge in [-0.05, 0) is 55.6 Å². The van der Waals surface area contributed by atoms with Gasteiger partial charge in [-0.3, -0.25) is 9.69 Å². The van der Waals surface area contributed by atoms with E-state index < -0.39 is 0 Å². The zero-order valence-electron chi connectivity index (χ0n) is 17.9. The maximum absolute atomic E-state index is 12.8. The number of hydrogen-bond donors (Lipinski definition) is 1. The molecule has 0 aromatic heterocycles. The van der Waals surface area contributed by atoms with Crippen LogP contribution in [0.25, 0.3) is 0 Å². The average Bonchev–Trinajstić information content (AvgIpc) is 3.02. The largest absolute Gasteiger partial charge is 0.369 e. The third-order valence-electron chi connectivity index (χ3n) is 6.64. The van der Waals surface area contributed by atoms with E-state index in [0.29, 0.717) is 10.0 Å². The Morgan fingerprint density at radius 3 is 2.35 bits per heavy atom. The molecule has 0 bridgehead atoms. The summed E-state index contributed by atoms with van der Waals surface area (Å²) in [5.41, 5.74) is 2.90. The van der Waals surface area contributed by atoms with E-state index in [1.165, 1.54) is 5.56 Å². The average molecular weight is 483 g/mol. The number of hydrogen-bond acceptors (Lipinski definition) is 3. The summed E-state index contributed by atoms with van der Waals surface area (Å²) in [6.45, 7) is 7.23. The van der Waals surface area contributed by atoms with Crippen molar-refractivity contribution in [2.24, 2.45) is 0 Å². The van der Waals surface area contributed by atoms with E-state index in [1.807, 2.05) is 30.3 Å². The molecule has 4 rings (SSSR count). The van der Waals surface area contributed by atoms with Gasteiger partial charge in [0.15, 0.2) is 0 Å². The first kappa shape index (κ1) is 24.2. The first-order chi connectivity index (χ1) is 14.5. The molecule has 1 unspecified atom stereocenters. The summed E-state index contributed by atoms with van der Waals surface area (Å²) in [5, 5.41) is 4.45. The van der Waals surface area contributed by atoms with Gasteiger partial charge in [0.25, 0.3) is 0 Å². The van der Waals surface area contributed by atoms with Gasteiger partial charge in [0.05, 0.1) is 5.41 Å². The minimum absolute atomic E-state index is 0. The van der Waals surface area contributed by atoms with Crippen molar-refractivity contribution in [3.63, 3.8) is 0 Å². The van der Waals surface area contributed by atoms with Crippen LogP contribution in [0.5, 0.6) is 0 Å². The Kier molecular flexibility index (Phi) is 8.14. The minimum atomic E-state index is -0.360. The molecule has 2 heterocycles. The van der Waals surface area contributed by atoms with Gasteiger partial charge in [-0.1, -0.05) is 54.7 Å². The lowest BCUT2D eigenvalue weighted by molar-refractivity contribution is -0.121. The first-order valence-electron chi connectivity index (χ1n) is 10.9. The molecule has 1 atom stereocenters. The van der Waals surface area contributed by atoms with Crippen LogP contribution in [0, 0.1) is 0 Å². The van der Waals surface area contributed by atoms with Gasteiger partial charge in [-0.15, -0.1) is 12.4 Å². The van der Waals surface area contributed by atoms with Crippen LogP contribution in [0.2, 0.25) is 10.0 Å². The topological polar surface area (TPSA) is 35.6 Å². The highest BCUT2D eigenvalue weighted by molar-refractivity contribution is 6.35. The molecule has 1 N–H and O–H groups in total. The molecular formula is C24H30Cl3N3O. The van der Waals surface area contributed by atoms with Gasteiger partial charge in [-0.2, -0.15) is 0 Å². The van der Waals surface area contributed by atoms with E-state index in [9.17, 15) is 4.79 Å². The molecule has 4 nitrogen and oxygen atoms in total. The smallest absolute Gasteiger partial charge is 0.235 e. The number of unbranched alkanes of at least 4 members (excludes halogenated alkanes) is 1. The van der Waals surface area contributed by atoms with Gasteiger partial charge >= 0.3 is 0 Å². The highest BCUT2D eigenvalue weighted by atomic mass is 35.5. The molecule has 168 valence electrons. The number of rotatable bonds is 7. The number of halogens is 3. The quantitative estimate of drug-likeness (QED) is 0.491. The molecule has 2 aromatic rings. The number of piperazine rings is 1. The van der Waals surface area contributed by atoms with Crippen molar-refractivity contribution < 1.29 is 4.79 Å². The normalized spacial score (nSPS) is 20.9. The Labute approximate surface area is 201 Å². The number of carbonyl (C=O) groups is 1. The van der Waals surface area contributed by atoms with E-state index >= 15 is 0 Å². The van der Waals surface area contributed by atoms with Crippen LogP contribution in [0.15, 0.2) is 42.5 Å². The minimum Gasteiger partial charge on any atom is -0.369 e. The molecule has 31 heavy (non-hydrogen) atoms. The van der Waals surface area contributed by atoms with Crippen LogP contribution in [0.3, 0.4) is 0 Å². The van der Waals surface area contributed by atoms with Gasteiger partial charge in [0.1, 0.15) is 0 Å². The fourth-order valence-electron chi connectivity index (χ4n) is 4.86. The first-order valence-corrected chi connectivity index (χ1v) is 11.6. The van der Waals surface area contributed by atoms with Crippen molar-refractivity contribution >= 4 is 52.9 Å². The highest BCUT2D eigenvalue weighted by Crippen LogP contribution is 2.43. The van der Waals surface area contributed by atoms with Gasteiger partial charge in [0, 0.05) is 47.6 Å². The van der Waals surface area contributed by atoms with Crippen molar-refractivity contribution in [2.45, 2.75) is 38.0 Å². The fourth-order valence-corrected chi connectivity index (χ4v) is 5.38. The molecule has 1 fully saturated rings. The SMILES string of the molecule is CCC1(CCCCN2CCN(c3cc(Cl)cc(Cl)c3)CC2)C(=O)Nc2ccccc21.Cl. The number of nitrogens with one attached hydrogen (secondary N) is 1. The van der Waals surface area contributed by atoms with Crippen molar-refractivity contribution in [1.29, 1.82) is 0 Å². The number of amides is 1. The second-order valence-corrected chi connectivity index (χ2v) is 9.22. The van der Waals surface area contributed by atoms with Gasteiger partial charge in [0.2, 0.25) is 5.91 Å². The number of nitrogens with zero attached hydrogens (tertiary/aromatic N) is 2. The van der Waals surface area contributed by atoms with Crippen LogP contribution < -0.4 is 10.2 Å². The molecule has 0 spiro atoms. The zero-order chi connectivity index (χ0) is 21.1. The van der Waals surface area contributed by atoms with Crippen LogP contribution in [-0.4, -0.2) is 43.5 Å². The van der Waals surface area contributed by atoms with Crippen LogP contribution in [0.1, 0.15) is 38.2 Å². The molecule has 1 amide bonds. The third-order valence-corrected chi connectivity index (χ3v) is 7.08. The number of benzene rings is 2. The lowest BCUT2D eigenvalue weighted by Gasteiger charge is -2.36.